The summed E-state index contributed by atoms with van der Waals surface area (Å²) in [5.41, 5.74) is 7.58. The highest BCUT2D eigenvalue weighted by Gasteiger charge is 2.17. The van der Waals surface area contributed by atoms with Gasteiger partial charge >= 0.3 is 0 Å². The van der Waals surface area contributed by atoms with Gasteiger partial charge in [0.25, 0.3) is 0 Å². The first-order chi connectivity index (χ1) is 15.6. The summed E-state index contributed by atoms with van der Waals surface area (Å²) in [6, 6.07) is 21.7. The van der Waals surface area contributed by atoms with Gasteiger partial charge in [-0.3, -0.25) is 4.99 Å². The highest BCUT2D eigenvalue weighted by Crippen LogP contribution is 2.33. The zero-order valence-electron chi connectivity index (χ0n) is 20.9. The Morgan fingerprint density at radius 1 is 0.727 bits per heavy atom. The van der Waals surface area contributed by atoms with Gasteiger partial charge in [-0.25, -0.2) is 0 Å². The minimum atomic E-state index is 0.174. The van der Waals surface area contributed by atoms with Crippen LogP contribution in [0.15, 0.2) is 77.8 Å². The van der Waals surface area contributed by atoms with Crippen molar-refractivity contribution >= 4 is 33.8 Å². The SMILES string of the molecule is CC(C)(C)CN=C1C=CC(=Cc2ccc(NCC(C)(C)C)c3ccccc23)c2ccccc21. The summed E-state index contributed by atoms with van der Waals surface area (Å²) in [7, 11) is 0. The molecule has 2 heteroatoms. The van der Waals surface area contributed by atoms with Crippen molar-refractivity contribution in [2.45, 2.75) is 41.5 Å². The Balaban J connectivity index is 1.75. The third kappa shape index (κ3) is 5.63. The molecule has 0 fully saturated rings. The van der Waals surface area contributed by atoms with E-state index in [4.69, 9.17) is 4.99 Å². The van der Waals surface area contributed by atoms with Crippen molar-refractivity contribution in [1.82, 2.24) is 0 Å². The monoisotopic (exact) mass is 436 g/mol. The van der Waals surface area contributed by atoms with Gasteiger partial charge in [0.1, 0.15) is 0 Å². The van der Waals surface area contributed by atoms with E-state index in [0.29, 0.717) is 0 Å². The highest BCUT2D eigenvalue weighted by atomic mass is 14.9. The van der Waals surface area contributed by atoms with Crippen LogP contribution >= 0.6 is 0 Å². The molecule has 0 saturated heterocycles. The second kappa shape index (κ2) is 9.02. The van der Waals surface area contributed by atoms with Gasteiger partial charge in [-0.1, -0.05) is 102 Å². The average molecular weight is 437 g/mol. The van der Waals surface area contributed by atoms with E-state index in [1.165, 1.54) is 38.7 Å². The minimum Gasteiger partial charge on any atom is -0.384 e. The molecule has 170 valence electrons. The molecule has 0 saturated carbocycles. The molecular weight excluding hydrogens is 400 g/mol. The Morgan fingerprint density at radius 2 is 1.39 bits per heavy atom. The molecule has 0 aromatic heterocycles. The van der Waals surface area contributed by atoms with Crippen LogP contribution in [0.25, 0.3) is 22.4 Å². The second-order valence-corrected chi connectivity index (χ2v) is 11.4. The molecular formula is C31H36N2. The number of rotatable bonds is 4. The van der Waals surface area contributed by atoms with Crippen LogP contribution in [-0.4, -0.2) is 18.8 Å². The molecule has 4 rings (SSSR count). The first kappa shape index (κ1) is 23.0. The van der Waals surface area contributed by atoms with Crippen molar-refractivity contribution in [2.75, 3.05) is 18.4 Å². The van der Waals surface area contributed by atoms with Gasteiger partial charge in [-0.2, -0.15) is 0 Å². The number of nitrogens with zero attached hydrogens (tertiary/aromatic N) is 1. The third-order valence-electron chi connectivity index (χ3n) is 5.74. The fourth-order valence-electron chi connectivity index (χ4n) is 4.02. The number of aliphatic imine (C=N–C) groups is 1. The molecule has 1 aliphatic rings. The molecule has 0 heterocycles. The Morgan fingerprint density at radius 3 is 2.09 bits per heavy atom. The minimum absolute atomic E-state index is 0.174. The Labute approximate surface area is 199 Å². The van der Waals surface area contributed by atoms with Crippen molar-refractivity contribution in [3.63, 3.8) is 0 Å². The predicted molar refractivity (Wildman–Crippen MR) is 146 cm³/mol. The zero-order valence-corrected chi connectivity index (χ0v) is 20.9. The fraction of sp³-hybridized carbons (Fsp3) is 0.323. The van der Waals surface area contributed by atoms with Crippen molar-refractivity contribution in [1.29, 1.82) is 0 Å². The van der Waals surface area contributed by atoms with Crippen molar-refractivity contribution in [3.05, 3.63) is 89.5 Å². The van der Waals surface area contributed by atoms with Gasteiger partial charge < -0.3 is 5.32 Å². The number of benzene rings is 3. The van der Waals surface area contributed by atoms with Gasteiger partial charge in [-0.15, -0.1) is 0 Å². The number of hydrogen-bond donors (Lipinski definition) is 1. The summed E-state index contributed by atoms with van der Waals surface area (Å²) in [6.45, 7) is 15.2. The molecule has 1 N–H and O–H groups in total. The predicted octanol–water partition coefficient (Wildman–Crippen LogP) is 8.24. The number of hydrogen-bond acceptors (Lipinski definition) is 2. The van der Waals surface area contributed by atoms with Crippen LogP contribution < -0.4 is 5.32 Å². The molecule has 0 unspecified atom stereocenters. The summed E-state index contributed by atoms with van der Waals surface area (Å²) in [5.74, 6) is 0. The molecule has 3 aromatic carbocycles. The largest absolute Gasteiger partial charge is 0.384 e. The van der Waals surface area contributed by atoms with Crippen LogP contribution in [0.4, 0.5) is 5.69 Å². The summed E-state index contributed by atoms with van der Waals surface area (Å²) in [5, 5.41) is 6.18. The first-order valence-electron chi connectivity index (χ1n) is 11.9. The topological polar surface area (TPSA) is 24.4 Å². The quantitative estimate of drug-likeness (QED) is 0.437. The van der Waals surface area contributed by atoms with Gasteiger partial charge in [0, 0.05) is 29.7 Å². The lowest BCUT2D eigenvalue weighted by Crippen LogP contribution is -2.19. The van der Waals surface area contributed by atoms with Crippen molar-refractivity contribution < 1.29 is 0 Å². The maximum Gasteiger partial charge on any atom is 0.0653 e. The number of nitrogens with one attached hydrogen (secondary N) is 1. The normalized spacial score (nSPS) is 16.4. The van der Waals surface area contributed by atoms with E-state index in [1.807, 2.05) is 0 Å². The molecule has 3 aromatic rings. The Bertz CT molecular complexity index is 1240. The highest BCUT2D eigenvalue weighted by molar-refractivity contribution is 6.17. The van der Waals surface area contributed by atoms with Gasteiger partial charge in [0.05, 0.1) is 5.71 Å². The van der Waals surface area contributed by atoms with Gasteiger partial charge in [0.2, 0.25) is 0 Å². The van der Waals surface area contributed by atoms with Gasteiger partial charge in [0.15, 0.2) is 0 Å². The van der Waals surface area contributed by atoms with Crippen LogP contribution in [0.1, 0.15) is 58.2 Å². The third-order valence-corrected chi connectivity index (χ3v) is 5.74. The van der Waals surface area contributed by atoms with E-state index < -0.39 is 0 Å². The van der Waals surface area contributed by atoms with E-state index >= 15 is 0 Å². The number of allylic oxidation sites excluding steroid dienone is 3. The number of anilines is 1. The second-order valence-electron chi connectivity index (χ2n) is 11.4. The summed E-state index contributed by atoms with van der Waals surface area (Å²) in [4.78, 5) is 4.93. The molecule has 1 aliphatic carbocycles. The smallest absolute Gasteiger partial charge is 0.0653 e. The van der Waals surface area contributed by atoms with E-state index in [1.54, 1.807) is 0 Å². The van der Waals surface area contributed by atoms with E-state index in [-0.39, 0.29) is 10.8 Å². The standard InChI is InChI=1S/C31H36N2/c1-30(2,3)20-32-28-17-15-22(24-11-7-9-13-26(24)28)19-23-16-18-29(33-21-31(4,5)6)27-14-10-8-12-25(23)27/h7-19,32H,20-21H2,1-6H3. The van der Waals surface area contributed by atoms with Crippen LogP contribution in [0, 0.1) is 10.8 Å². The molecule has 0 amide bonds. The lowest BCUT2D eigenvalue weighted by molar-refractivity contribution is 0.430. The maximum atomic E-state index is 4.93. The zero-order chi connectivity index (χ0) is 23.6. The fourth-order valence-corrected chi connectivity index (χ4v) is 4.02. The number of fused-ring (bicyclic) bond motifs is 2. The van der Waals surface area contributed by atoms with Crippen LogP contribution in [0.2, 0.25) is 0 Å². The van der Waals surface area contributed by atoms with E-state index in [0.717, 1.165) is 18.8 Å². The molecule has 2 nitrogen and oxygen atoms in total. The first-order valence-corrected chi connectivity index (χ1v) is 11.9. The molecule has 33 heavy (non-hydrogen) atoms. The van der Waals surface area contributed by atoms with Crippen LogP contribution in [0.3, 0.4) is 0 Å². The van der Waals surface area contributed by atoms with Crippen molar-refractivity contribution in [3.8, 4) is 0 Å². The van der Waals surface area contributed by atoms with Crippen LogP contribution in [0.5, 0.6) is 0 Å². The Hall–Kier alpha value is -3.13. The maximum absolute atomic E-state index is 4.93. The van der Waals surface area contributed by atoms with E-state index in [2.05, 4.69) is 126 Å². The van der Waals surface area contributed by atoms with Gasteiger partial charge in [-0.05, 0) is 51.1 Å². The van der Waals surface area contributed by atoms with Crippen LogP contribution in [-0.2, 0) is 0 Å². The summed E-state index contributed by atoms with van der Waals surface area (Å²) in [6.07, 6.45) is 6.69. The van der Waals surface area contributed by atoms with E-state index in [9.17, 15) is 0 Å². The molecule has 0 atom stereocenters. The Kier molecular flexibility index (Phi) is 6.30. The van der Waals surface area contributed by atoms with Crippen molar-refractivity contribution in [2.24, 2.45) is 15.8 Å². The molecule has 0 spiro atoms. The molecule has 0 bridgehead atoms. The molecule has 0 radical (unpaired) electrons. The molecule has 0 aliphatic heterocycles. The summed E-state index contributed by atoms with van der Waals surface area (Å²) < 4.78 is 0. The lowest BCUT2D eigenvalue weighted by atomic mass is 9.89. The summed E-state index contributed by atoms with van der Waals surface area (Å²) >= 11 is 0. The average Bonchev–Trinajstić information content (AvgIpc) is 2.76. The lowest BCUT2D eigenvalue weighted by Gasteiger charge is -2.21.